The molecule has 0 aliphatic carbocycles. The average Bonchev–Trinajstić information content (AvgIpc) is 2.49. The van der Waals surface area contributed by atoms with E-state index in [-0.39, 0.29) is 11.9 Å². The van der Waals surface area contributed by atoms with Gasteiger partial charge in [-0.05, 0) is 36.4 Å². The molecule has 2 rings (SSSR count). The first kappa shape index (κ1) is 15.4. The first-order chi connectivity index (χ1) is 10.6. The Labute approximate surface area is 128 Å². The third kappa shape index (κ3) is 4.52. The predicted molar refractivity (Wildman–Crippen MR) is 86.4 cm³/mol. The minimum Gasteiger partial charge on any atom is -0.497 e. The molecule has 0 aromatic heterocycles. The highest BCUT2D eigenvalue weighted by molar-refractivity contribution is 6.00. The first-order valence-electron chi connectivity index (χ1n) is 6.66. The highest BCUT2D eigenvalue weighted by Gasteiger charge is 2.04. The van der Waals surface area contributed by atoms with Crippen molar-refractivity contribution in [3.8, 4) is 5.75 Å². The molecule has 0 radical (unpaired) electrons. The average molecular weight is 299 g/mol. The van der Waals surface area contributed by atoms with Gasteiger partial charge in [-0.25, -0.2) is 4.79 Å². The van der Waals surface area contributed by atoms with Crippen molar-refractivity contribution in [1.82, 2.24) is 0 Å². The zero-order valence-electron chi connectivity index (χ0n) is 12.3. The Morgan fingerprint density at radius 2 is 1.45 bits per heavy atom. The SMILES string of the molecule is COc1cccc(NC(=O)Nc2ccc(NC(C)=O)cc2)c1. The molecule has 2 aromatic carbocycles. The van der Waals surface area contributed by atoms with E-state index in [9.17, 15) is 9.59 Å². The molecule has 0 saturated heterocycles. The van der Waals surface area contributed by atoms with Crippen molar-refractivity contribution in [1.29, 1.82) is 0 Å². The Morgan fingerprint density at radius 3 is 2.05 bits per heavy atom. The summed E-state index contributed by atoms with van der Waals surface area (Å²) in [6.45, 7) is 1.44. The number of methoxy groups -OCH3 is 1. The fraction of sp³-hybridized carbons (Fsp3) is 0.125. The van der Waals surface area contributed by atoms with Crippen LogP contribution >= 0.6 is 0 Å². The summed E-state index contributed by atoms with van der Waals surface area (Å²) in [5.74, 6) is 0.522. The lowest BCUT2D eigenvalue weighted by molar-refractivity contribution is -0.114. The molecule has 0 atom stereocenters. The molecule has 0 heterocycles. The Bertz CT molecular complexity index is 669. The number of ether oxygens (including phenoxy) is 1. The molecule has 0 aliphatic heterocycles. The van der Waals surface area contributed by atoms with Crippen LogP contribution in [0.25, 0.3) is 0 Å². The molecule has 22 heavy (non-hydrogen) atoms. The van der Waals surface area contributed by atoms with Gasteiger partial charge in [-0.15, -0.1) is 0 Å². The fourth-order valence-electron chi connectivity index (χ4n) is 1.83. The van der Waals surface area contributed by atoms with Gasteiger partial charge in [0.2, 0.25) is 5.91 Å². The molecule has 0 fully saturated rings. The van der Waals surface area contributed by atoms with Gasteiger partial charge in [0.05, 0.1) is 7.11 Å². The highest BCUT2D eigenvalue weighted by Crippen LogP contribution is 2.18. The number of hydrogen-bond acceptors (Lipinski definition) is 3. The van der Waals surface area contributed by atoms with Crippen LogP contribution in [-0.4, -0.2) is 19.0 Å². The number of anilines is 3. The van der Waals surface area contributed by atoms with Crippen molar-refractivity contribution in [2.75, 3.05) is 23.1 Å². The number of urea groups is 1. The van der Waals surface area contributed by atoms with Gasteiger partial charge in [0.15, 0.2) is 0 Å². The quantitative estimate of drug-likeness (QED) is 0.810. The minimum atomic E-state index is -0.361. The maximum absolute atomic E-state index is 11.9. The number of amides is 3. The molecule has 6 heteroatoms. The van der Waals surface area contributed by atoms with E-state index in [2.05, 4.69) is 16.0 Å². The summed E-state index contributed by atoms with van der Waals surface area (Å²) in [6.07, 6.45) is 0. The minimum absolute atomic E-state index is 0.142. The number of rotatable bonds is 4. The van der Waals surface area contributed by atoms with E-state index in [1.807, 2.05) is 0 Å². The van der Waals surface area contributed by atoms with E-state index in [0.29, 0.717) is 22.8 Å². The van der Waals surface area contributed by atoms with Gasteiger partial charge in [0.1, 0.15) is 5.75 Å². The van der Waals surface area contributed by atoms with Crippen LogP contribution in [0.3, 0.4) is 0 Å². The summed E-state index contributed by atoms with van der Waals surface area (Å²) < 4.78 is 5.09. The second-order valence-electron chi connectivity index (χ2n) is 4.57. The van der Waals surface area contributed by atoms with Crippen LogP contribution in [0.15, 0.2) is 48.5 Å². The molecule has 0 bridgehead atoms. The second kappa shape index (κ2) is 7.12. The Hall–Kier alpha value is -3.02. The summed E-state index contributed by atoms with van der Waals surface area (Å²) >= 11 is 0. The van der Waals surface area contributed by atoms with Crippen LogP contribution in [-0.2, 0) is 4.79 Å². The molecule has 0 spiro atoms. The zero-order chi connectivity index (χ0) is 15.9. The Kier molecular flexibility index (Phi) is 4.98. The van der Waals surface area contributed by atoms with Crippen molar-refractivity contribution in [3.05, 3.63) is 48.5 Å². The van der Waals surface area contributed by atoms with Crippen LogP contribution in [0.4, 0.5) is 21.9 Å². The molecule has 6 nitrogen and oxygen atoms in total. The third-order valence-corrected chi connectivity index (χ3v) is 2.79. The molecular weight excluding hydrogens is 282 g/mol. The molecule has 3 N–H and O–H groups in total. The zero-order valence-corrected chi connectivity index (χ0v) is 12.3. The molecule has 114 valence electrons. The van der Waals surface area contributed by atoms with Crippen molar-refractivity contribution in [2.45, 2.75) is 6.92 Å². The van der Waals surface area contributed by atoms with Gasteiger partial charge >= 0.3 is 6.03 Å². The van der Waals surface area contributed by atoms with Gasteiger partial charge < -0.3 is 20.7 Å². The fourth-order valence-corrected chi connectivity index (χ4v) is 1.83. The Morgan fingerprint density at radius 1 is 0.864 bits per heavy atom. The molecule has 2 aromatic rings. The lowest BCUT2D eigenvalue weighted by Gasteiger charge is -2.09. The number of nitrogens with one attached hydrogen (secondary N) is 3. The van der Waals surface area contributed by atoms with Crippen LogP contribution in [0.2, 0.25) is 0 Å². The molecule has 0 unspecified atom stereocenters. The summed E-state index contributed by atoms with van der Waals surface area (Å²) in [7, 11) is 1.57. The third-order valence-electron chi connectivity index (χ3n) is 2.79. The summed E-state index contributed by atoms with van der Waals surface area (Å²) in [6, 6.07) is 13.5. The van der Waals surface area contributed by atoms with E-state index in [4.69, 9.17) is 4.74 Å². The second-order valence-corrected chi connectivity index (χ2v) is 4.57. The van der Waals surface area contributed by atoms with Crippen LogP contribution < -0.4 is 20.7 Å². The molecule has 3 amide bonds. The van der Waals surface area contributed by atoms with E-state index in [0.717, 1.165) is 0 Å². The van der Waals surface area contributed by atoms with Crippen LogP contribution in [0.5, 0.6) is 5.75 Å². The Balaban J connectivity index is 1.95. The summed E-state index contributed by atoms with van der Waals surface area (Å²) in [4.78, 5) is 22.8. The van der Waals surface area contributed by atoms with E-state index in [1.165, 1.54) is 6.92 Å². The number of carbonyl (C=O) groups excluding carboxylic acids is 2. The van der Waals surface area contributed by atoms with Gasteiger partial charge in [-0.2, -0.15) is 0 Å². The normalized spacial score (nSPS) is 9.73. The highest BCUT2D eigenvalue weighted by atomic mass is 16.5. The van der Waals surface area contributed by atoms with Crippen molar-refractivity contribution in [3.63, 3.8) is 0 Å². The van der Waals surface area contributed by atoms with E-state index in [1.54, 1.807) is 55.6 Å². The van der Waals surface area contributed by atoms with Gasteiger partial charge in [-0.3, -0.25) is 4.79 Å². The van der Waals surface area contributed by atoms with Crippen molar-refractivity contribution >= 4 is 29.0 Å². The number of carbonyl (C=O) groups is 2. The monoisotopic (exact) mass is 299 g/mol. The predicted octanol–water partition coefficient (Wildman–Crippen LogP) is 3.30. The van der Waals surface area contributed by atoms with Gasteiger partial charge in [0.25, 0.3) is 0 Å². The van der Waals surface area contributed by atoms with E-state index >= 15 is 0 Å². The topological polar surface area (TPSA) is 79.5 Å². The van der Waals surface area contributed by atoms with Gasteiger partial charge in [-0.1, -0.05) is 6.07 Å². The van der Waals surface area contributed by atoms with Crippen LogP contribution in [0.1, 0.15) is 6.92 Å². The van der Waals surface area contributed by atoms with Gasteiger partial charge in [0, 0.05) is 30.1 Å². The summed E-state index contributed by atoms with van der Waals surface area (Å²) in [5, 5.41) is 8.07. The smallest absolute Gasteiger partial charge is 0.323 e. The molecule has 0 saturated carbocycles. The summed E-state index contributed by atoms with van der Waals surface area (Å²) in [5.41, 5.74) is 1.92. The lowest BCUT2D eigenvalue weighted by Crippen LogP contribution is -2.19. The number of hydrogen-bond donors (Lipinski definition) is 3. The van der Waals surface area contributed by atoms with Crippen molar-refractivity contribution in [2.24, 2.45) is 0 Å². The van der Waals surface area contributed by atoms with Crippen molar-refractivity contribution < 1.29 is 14.3 Å². The standard InChI is InChI=1S/C16H17N3O3/c1-11(20)17-12-6-8-13(9-7-12)18-16(21)19-14-4-3-5-15(10-14)22-2/h3-10H,1-2H3,(H,17,20)(H2,18,19,21). The number of benzene rings is 2. The van der Waals surface area contributed by atoms with Crippen LogP contribution in [0, 0.1) is 0 Å². The maximum atomic E-state index is 11.9. The van der Waals surface area contributed by atoms with E-state index < -0.39 is 0 Å². The molecular formula is C16H17N3O3. The largest absolute Gasteiger partial charge is 0.497 e. The lowest BCUT2D eigenvalue weighted by atomic mass is 10.2. The first-order valence-corrected chi connectivity index (χ1v) is 6.66. The maximum Gasteiger partial charge on any atom is 0.323 e. The molecule has 0 aliphatic rings.